The Morgan fingerprint density at radius 3 is 2.60 bits per heavy atom. The van der Waals surface area contributed by atoms with Crippen LogP contribution in [0.2, 0.25) is 0 Å². The largest absolute Gasteiger partial charge is 0.481 e. The van der Waals surface area contributed by atoms with Crippen LogP contribution in [0.25, 0.3) is 0 Å². The number of imidazole rings is 1. The van der Waals surface area contributed by atoms with Gasteiger partial charge < -0.3 is 15.0 Å². The molecular weight excluding hydrogens is 258 g/mol. The Labute approximate surface area is 116 Å². The fraction of sp³-hybridized carbons (Fsp3) is 0.214. The van der Waals surface area contributed by atoms with Crippen LogP contribution in [0.5, 0.6) is 0 Å². The van der Waals surface area contributed by atoms with Crippen LogP contribution in [0.15, 0.2) is 43.0 Å². The number of carboxylic acids is 1. The van der Waals surface area contributed by atoms with Crippen LogP contribution in [0, 0.1) is 0 Å². The molecule has 2 rings (SSSR count). The number of nitrogens with one attached hydrogen (secondary N) is 1. The summed E-state index contributed by atoms with van der Waals surface area (Å²) in [4.78, 5) is 26.2. The molecular formula is C14H15N3O3. The van der Waals surface area contributed by atoms with Gasteiger partial charge in [-0.05, 0) is 17.7 Å². The molecule has 0 aliphatic rings. The number of hydrogen-bond donors (Lipinski definition) is 2. The van der Waals surface area contributed by atoms with Crippen molar-refractivity contribution in [2.75, 3.05) is 5.32 Å². The fourth-order valence-corrected chi connectivity index (χ4v) is 1.75. The van der Waals surface area contributed by atoms with Crippen molar-refractivity contribution in [1.29, 1.82) is 0 Å². The predicted molar refractivity (Wildman–Crippen MR) is 73.3 cm³/mol. The van der Waals surface area contributed by atoms with Gasteiger partial charge in [0.05, 0.1) is 12.7 Å². The molecule has 20 heavy (non-hydrogen) atoms. The number of hydrogen-bond acceptors (Lipinski definition) is 3. The van der Waals surface area contributed by atoms with Gasteiger partial charge in [-0.15, -0.1) is 0 Å². The van der Waals surface area contributed by atoms with Crippen molar-refractivity contribution in [2.45, 2.75) is 19.4 Å². The third kappa shape index (κ3) is 4.24. The van der Waals surface area contributed by atoms with E-state index in [-0.39, 0.29) is 12.3 Å². The third-order valence-electron chi connectivity index (χ3n) is 2.75. The highest BCUT2D eigenvalue weighted by Crippen LogP contribution is 2.10. The smallest absolute Gasteiger partial charge is 0.307 e. The van der Waals surface area contributed by atoms with E-state index in [0.29, 0.717) is 24.2 Å². The second kappa shape index (κ2) is 6.51. The molecule has 0 aliphatic heterocycles. The molecule has 0 fully saturated rings. The SMILES string of the molecule is O=C(O)Cc1ccc(NC(=O)CCn2ccnc2)cc1. The highest BCUT2D eigenvalue weighted by Gasteiger charge is 2.04. The summed E-state index contributed by atoms with van der Waals surface area (Å²) in [5.74, 6) is -0.966. The first-order chi connectivity index (χ1) is 9.63. The minimum Gasteiger partial charge on any atom is -0.481 e. The van der Waals surface area contributed by atoms with Gasteiger partial charge in [0.15, 0.2) is 0 Å². The van der Waals surface area contributed by atoms with Crippen LogP contribution in [0.1, 0.15) is 12.0 Å². The Bertz CT molecular complexity index is 576. The molecule has 0 saturated carbocycles. The summed E-state index contributed by atoms with van der Waals surface area (Å²) in [6, 6.07) is 6.79. The second-order valence-electron chi connectivity index (χ2n) is 4.37. The number of anilines is 1. The fourth-order valence-electron chi connectivity index (χ4n) is 1.75. The van der Waals surface area contributed by atoms with E-state index < -0.39 is 5.97 Å². The van der Waals surface area contributed by atoms with Gasteiger partial charge in [0.25, 0.3) is 0 Å². The number of aromatic nitrogens is 2. The van der Waals surface area contributed by atoms with E-state index in [2.05, 4.69) is 10.3 Å². The van der Waals surface area contributed by atoms with Gasteiger partial charge in [-0.25, -0.2) is 4.98 Å². The molecule has 0 aliphatic carbocycles. The van der Waals surface area contributed by atoms with Crippen molar-refractivity contribution in [1.82, 2.24) is 9.55 Å². The molecule has 1 heterocycles. The van der Waals surface area contributed by atoms with Crippen molar-refractivity contribution in [3.05, 3.63) is 48.5 Å². The molecule has 0 unspecified atom stereocenters. The van der Waals surface area contributed by atoms with Crippen LogP contribution in [0.4, 0.5) is 5.69 Å². The average molecular weight is 273 g/mol. The van der Waals surface area contributed by atoms with Crippen LogP contribution in [0.3, 0.4) is 0 Å². The maximum atomic E-state index is 11.7. The van der Waals surface area contributed by atoms with Crippen LogP contribution in [-0.2, 0) is 22.6 Å². The summed E-state index contributed by atoms with van der Waals surface area (Å²) in [6.45, 7) is 0.572. The Morgan fingerprint density at radius 1 is 1.25 bits per heavy atom. The molecule has 0 spiro atoms. The lowest BCUT2D eigenvalue weighted by Crippen LogP contribution is -2.14. The molecule has 0 saturated heterocycles. The molecule has 1 aromatic heterocycles. The van der Waals surface area contributed by atoms with Gasteiger partial charge in [0, 0.05) is 31.0 Å². The van der Waals surface area contributed by atoms with Crippen molar-refractivity contribution in [2.24, 2.45) is 0 Å². The van der Waals surface area contributed by atoms with Crippen molar-refractivity contribution in [3.8, 4) is 0 Å². The number of aliphatic carboxylic acids is 1. The summed E-state index contributed by atoms with van der Waals surface area (Å²) >= 11 is 0. The summed E-state index contributed by atoms with van der Waals surface area (Å²) in [5, 5.41) is 11.4. The first-order valence-electron chi connectivity index (χ1n) is 6.20. The van der Waals surface area contributed by atoms with Gasteiger partial charge in [0.2, 0.25) is 5.91 Å². The zero-order valence-electron chi connectivity index (χ0n) is 10.8. The number of amides is 1. The standard InChI is InChI=1S/C14H15N3O3/c18-13(5-7-17-8-6-15-10-17)16-12-3-1-11(2-4-12)9-14(19)20/h1-4,6,8,10H,5,7,9H2,(H,16,18)(H,19,20). The van der Waals surface area contributed by atoms with E-state index in [1.54, 1.807) is 43.0 Å². The van der Waals surface area contributed by atoms with Crippen molar-refractivity contribution >= 4 is 17.6 Å². The van der Waals surface area contributed by atoms with Gasteiger partial charge in [-0.2, -0.15) is 0 Å². The molecule has 0 atom stereocenters. The first-order valence-corrected chi connectivity index (χ1v) is 6.20. The normalized spacial score (nSPS) is 10.2. The van der Waals surface area contributed by atoms with Crippen LogP contribution >= 0.6 is 0 Å². The minimum absolute atomic E-state index is 0.0190. The van der Waals surface area contributed by atoms with Crippen LogP contribution in [-0.4, -0.2) is 26.5 Å². The molecule has 1 amide bonds. The number of aryl methyl sites for hydroxylation is 1. The molecule has 104 valence electrons. The zero-order valence-corrected chi connectivity index (χ0v) is 10.8. The topological polar surface area (TPSA) is 84.2 Å². The number of carbonyl (C=O) groups is 2. The predicted octanol–water partition coefficient (Wildman–Crippen LogP) is 1.54. The molecule has 6 heteroatoms. The zero-order chi connectivity index (χ0) is 14.4. The van der Waals surface area contributed by atoms with Gasteiger partial charge in [-0.3, -0.25) is 9.59 Å². The number of rotatable bonds is 6. The summed E-state index contributed by atoms with van der Waals surface area (Å²) in [6.07, 6.45) is 5.46. The lowest BCUT2D eigenvalue weighted by atomic mass is 10.1. The van der Waals surface area contributed by atoms with Crippen molar-refractivity contribution < 1.29 is 14.7 Å². The molecule has 2 aromatic rings. The van der Waals surface area contributed by atoms with E-state index in [4.69, 9.17) is 5.11 Å². The minimum atomic E-state index is -0.873. The van der Waals surface area contributed by atoms with E-state index in [1.165, 1.54) is 0 Å². The Kier molecular flexibility index (Phi) is 4.49. The van der Waals surface area contributed by atoms with Crippen LogP contribution < -0.4 is 5.32 Å². The van der Waals surface area contributed by atoms with E-state index in [0.717, 1.165) is 0 Å². The Hall–Kier alpha value is -2.63. The van der Waals surface area contributed by atoms with E-state index in [1.807, 2.05) is 4.57 Å². The number of nitrogens with zero attached hydrogens (tertiary/aromatic N) is 2. The molecule has 0 bridgehead atoms. The monoisotopic (exact) mass is 273 g/mol. The number of carboxylic acid groups (broad SMARTS) is 1. The molecule has 0 radical (unpaired) electrons. The average Bonchev–Trinajstić information content (AvgIpc) is 2.91. The quantitative estimate of drug-likeness (QED) is 0.836. The molecule has 6 nitrogen and oxygen atoms in total. The van der Waals surface area contributed by atoms with Gasteiger partial charge in [0.1, 0.15) is 0 Å². The molecule has 2 N–H and O–H groups in total. The lowest BCUT2D eigenvalue weighted by Gasteiger charge is -2.06. The van der Waals surface area contributed by atoms with E-state index in [9.17, 15) is 9.59 Å². The highest BCUT2D eigenvalue weighted by molar-refractivity contribution is 5.90. The maximum absolute atomic E-state index is 11.7. The molecule has 1 aromatic carbocycles. The van der Waals surface area contributed by atoms with E-state index >= 15 is 0 Å². The lowest BCUT2D eigenvalue weighted by molar-refractivity contribution is -0.136. The van der Waals surface area contributed by atoms with Gasteiger partial charge in [-0.1, -0.05) is 12.1 Å². The Morgan fingerprint density at radius 2 is 2.00 bits per heavy atom. The highest BCUT2D eigenvalue weighted by atomic mass is 16.4. The summed E-state index contributed by atoms with van der Waals surface area (Å²) in [7, 11) is 0. The third-order valence-corrected chi connectivity index (χ3v) is 2.75. The summed E-state index contributed by atoms with van der Waals surface area (Å²) < 4.78 is 1.83. The van der Waals surface area contributed by atoms with Gasteiger partial charge >= 0.3 is 5.97 Å². The Balaban J connectivity index is 1.83. The number of benzene rings is 1. The maximum Gasteiger partial charge on any atom is 0.307 e. The number of carbonyl (C=O) groups excluding carboxylic acids is 1. The summed E-state index contributed by atoms with van der Waals surface area (Å²) in [5.41, 5.74) is 1.36. The van der Waals surface area contributed by atoms with Crippen molar-refractivity contribution in [3.63, 3.8) is 0 Å². The second-order valence-corrected chi connectivity index (χ2v) is 4.37. The first kappa shape index (κ1) is 13.8.